The second kappa shape index (κ2) is 6.60. The molecule has 3 nitrogen and oxygen atoms in total. The van der Waals surface area contributed by atoms with E-state index in [0.717, 1.165) is 42.5 Å². The molecule has 1 heterocycles. The normalized spacial score (nSPS) is 25.7. The number of piperidine rings is 1. The predicted octanol–water partition coefficient (Wildman–Crippen LogP) is 4.64. The Labute approximate surface area is 147 Å². The molecule has 25 heavy (non-hydrogen) atoms. The number of benzene rings is 2. The number of rotatable bonds is 3. The van der Waals surface area contributed by atoms with E-state index in [1.165, 1.54) is 6.07 Å². The number of nitrogens with zero attached hydrogens (tertiary/aromatic N) is 1. The molecule has 2 aromatic rings. The van der Waals surface area contributed by atoms with Gasteiger partial charge in [-0.25, -0.2) is 4.39 Å². The molecule has 1 saturated carbocycles. The predicted molar refractivity (Wildman–Crippen MR) is 96.6 cm³/mol. The van der Waals surface area contributed by atoms with E-state index in [2.05, 4.69) is 0 Å². The van der Waals surface area contributed by atoms with E-state index in [1.54, 1.807) is 6.07 Å². The highest BCUT2D eigenvalue weighted by Crippen LogP contribution is 2.51. The smallest absolute Gasteiger partial charge is 0.226 e. The standard InChI is InChI=1S/C21H22FN2O/c22-15-8-9-17(18(11-15)14-5-2-1-3-6-14)19-12-20(19)21(25)24-10-4-7-16(23)13-24/h1-3,5-6,8-9,11,16,19-20,23H,4,7,10,12-13H2/q-1. The molecule has 3 unspecified atom stereocenters. The van der Waals surface area contributed by atoms with Crippen molar-refractivity contribution in [3.8, 4) is 11.1 Å². The Bertz CT molecular complexity index is 777. The number of carbonyl (C=O) groups is 1. The van der Waals surface area contributed by atoms with Gasteiger partial charge in [0.1, 0.15) is 5.82 Å². The van der Waals surface area contributed by atoms with Gasteiger partial charge in [-0.1, -0.05) is 42.8 Å². The van der Waals surface area contributed by atoms with Gasteiger partial charge in [-0.05, 0) is 47.6 Å². The van der Waals surface area contributed by atoms with Crippen molar-refractivity contribution in [2.45, 2.75) is 31.2 Å². The van der Waals surface area contributed by atoms with Crippen LogP contribution in [0.3, 0.4) is 0 Å². The van der Waals surface area contributed by atoms with Gasteiger partial charge < -0.3 is 10.6 Å². The fourth-order valence-corrected chi connectivity index (χ4v) is 3.94. The lowest BCUT2D eigenvalue weighted by Gasteiger charge is -2.35. The Morgan fingerprint density at radius 2 is 1.96 bits per heavy atom. The Balaban J connectivity index is 1.57. The van der Waals surface area contributed by atoms with E-state index >= 15 is 0 Å². The Morgan fingerprint density at radius 1 is 1.16 bits per heavy atom. The van der Waals surface area contributed by atoms with Gasteiger partial charge in [0, 0.05) is 19.0 Å². The Hall–Kier alpha value is -2.20. The molecule has 130 valence electrons. The van der Waals surface area contributed by atoms with Crippen LogP contribution in [0.2, 0.25) is 0 Å². The van der Waals surface area contributed by atoms with Crippen LogP contribution in [-0.4, -0.2) is 29.9 Å². The van der Waals surface area contributed by atoms with E-state index in [4.69, 9.17) is 5.73 Å². The van der Waals surface area contributed by atoms with Gasteiger partial charge in [-0.2, -0.15) is 0 Å². The second-order valence-corrected chi connectivity index (χ2v) is 7.17. The van der Waals surface area contributed by atoms with E-state index in [-0.39, 0.29) is 29.6 Å². The molecule has 2 fully saturated rings. The lowest BCUT2D eigenvalue weighted by molar-refractivity contribution is -0.133. The quantitative estimate of drug-likeness (QED) is 0.804. The molecular formula is C21H22FN2O-. The fraction of sp³-hybridized carbons (Fsp3) is 0.381. The Kier molecular flexibility index (Phi) is 4.30. The van der Waals surface area contributed by atoms with Gasteiger partial charge in [0.2, 0.25) is 5.91 Å². The highest BCUT2D eigenvalue weighted by Gasteiger charge is 2.46. The fourth-order valence-electron chi connectivity index (χ4n) is 3.94. The first-order valence-electron chi connectivity index (χ1n) is 8.98. The summed E-state index contributed by atoms with van der Waals surface area (Å²) in [6.45, 7) is 1.32. The molecule has 1 aliphatic heterocycles. The molecule has 0 radical (unpaired) electrons. The monoisotopic (exact) mass is 337 g/mol. The first-order chi connectivity index (χ1) is 12.1. The summed E-state index contributed by atoms with van der Waals surface area (Å²) >= 11 is 0. The summed E-state index contributed by atoms with van der Waals surface area (Å²) < 4.78 is 13.8. The molecule has 0 spiro atoms. The van der Waals surface area contributed by atoms with Crippen LogP contribution >= 0.6 is 0 Å². The maximum absolute atomic E-state index is 13.8. The number of halogens is 1. The van der Waals surface area contributed by atoms with Crippen molar-refractivity contribution in [3.63, 3.8) is 0 Å². The molecule has 0 bridgehead atoms. The molecule has 1 saturated heterocycles. The SMILES string of the molecule is [NH-]C1CCCN(C(=O)C2CC2c2ccc(F)cc2-c2ccccc2)C1. The number of carbonyl (C=O) groups excluding carboxylic acids is 1. The summed E-state index contributed by atoms with van der Waals surface area (Å²) in [5.41, 5.74) is 10.8. The zero-order valence-corrected chi connectivity index (χ0v) is 14.1. The van der Waals surface area contributed by atoms with Crippen molar-refractivity contribution in [2.24, 2.45) is 5.92 Å². The molecule has 0 aromatic heterocycles. The summed E-state index contributed by atoms with van der Waals surface area (Å²) in [6.07, 6.45) is 2.63. The van der Waals surface area contributed by atoms with Crippen molar-refractivity contribution in [2.75, 3.05) is 13.1 Å². The van der Waals surface area contributed by atoms with Crippen molar-refractivity contribution in [3.05, 3.63) is 65.6 Å². The minimum Gasteiger partial charge on any atom is -0.673 e. The summed E-state index contributed by atoms with van der Waals surface area (Å²) in [5, 5.41) is 0. The first-order valence-corrected chi connectivity index (χ1v) is 8.98. The molecule has 2 aliphatic rings. The van der Waals surface area contributed by atoms with Crippen molar-refractivity contribution in [1.29, 1.82) is 0 Å². The first kappa shape index (κ1) is 16.3. The molecule has 1 aliphatic carbocycles. The van der Waals surface area contributed by atoms with Gasteiger partial charge in [-0.15, -0.1) is 6.04 Å². The highest BCUT2D eigenvalue weighted by molar-refractivity contribution is 5.84. The third-order valence-corrected chi connectivity index (χ3v) is 5.34. The largest absolute Gasteiger partial charge is 0.673 e. The van der Waals surface area contributed by atoms with Gasteiger partial charge in [0.05, 0.1) is 0 Å². The van der Waals surface area contributed by atoms with Crippen LogP contribution in [0.1, 0.15) is 30.7 Å². The number of nitrogens with one attached hydrogen (secondary N) is 1. The maximum Gasteiger partial charge on any atom is 0.226 e. The molecular weight excluding hydrogens is 315 g/mol. The van der Waals surface area contributed by atoms with Crippen LogP contribution in [0.25, 0.3) is 16.9 Å². The van der Waals surface area contributed by atoms with E-state index in [9.17, 15) is 9.18 Å². The van der Waals surface area contributed by atoms with Crippen LogP contribution in [0.5, 0.6) is 0 Å². The van der Waals surface area contributed by atoms with E-state index in [0.29, 0.717) is 6.54 Å². The Morgan fingerprint density at radius 3 is 2.72 bits per heavy atom. The van der Waals surface area contributed by atoms with Crippen LogP contribution in [0.15, 0.2) is 48.5 Å². The molecule has 4 heteroatoms. The van der Waals surface area contributed by atoms with Crippen molar-refractivity contribution >= 4 is 5.91 Å². The van der Waals surface area contributed by atoms with Crippen molar-refractivity contribution in [1.82, 2.24) is 4.90 Å². The summed E-state index contributed by atoms with van der Waals surface area (Å²) in [7, 11) is 0. The number of hydrogen-bond donors (Lipinski definition) is 0. The topological polar surface area (TPSA) is 44.1 Å². The lowest BCUT2D eigenvalue weighted by atomic mass is 9.95. The second-order valence-electron chi connectivity index (χ2n) is 7.17. The third kappa shape index (κ3) is 3.31. The van der Waals surface area contributed by atoms with Crippen LogP contribution in [0.4, 0.5) is 4.39 Å². The van der Waals surface area contributed by atoms with E-state index < -0.39 is 0 Å². The zero-order chi connectivity index (χ0) is 17.4. The van der Waals surface area contributed by atoms with Gasteiger partial charge in [0.25, 0.3) is 0 Å². The summed E-state index contributed by atoms with van der Waals surface area (Å²) in [5.74, 6) is 0.0668. The minimum absolute atomic E-state index is 0.0155. The van der Waals surface area contributed by atoms with Crippen LogP contribution < -0.4 is 0 Å². The minimum atomic E-state index is -0.251. The summed E-state index contributed by atoms with van der Waals surface area (Å²) in [6, 6.07) is 14.5. The molecule has 1 N–H and O–H groups in total. The average molecular weight is 337 g/mol. The average Bonchev–Trinajstić information content (AvgIpc) is 3.42. The summed E-state index contributed by atoms with van der Waals surface area (Å²) in [4.78, 5) is 14.6. The van der Waals surface area contributed by atoms with Crippen LogP contribution in [0, 0.1) is 11.7 Å². The van der Waals surface area contributed by atoms with E-state index in [1.807, 2.05) is 41.3 Å². The molecule has 2 aromatic carbocycles. The van der Waals surface area contributed by atoms with Crippen LogP contribution in [-0.2, 0) is 4.79 Å². The lowest BCUT2D eigenvalue weighted by Crippen LogP contribution is -2.41. The van der Waals surface area contributed by atoms with Crippen molar-refractivity contribution < 1.29 is 9.18 Å². The third-order valence-electron chi connectivity index (χ3n) is 5.34. The molecule has 3 atom stereocenters. The highest BCUT2D eigenvalue weighted by atomic mass is 19.1. The number of amides is 1. The van der Waals surface area contributed by atoms with Gasteiger partial charge in [-0.3, -0.25) is 4.79 Å². The maximum atomic E-state index is 13.8. The van der Waals surface area contributed by atoms with Gasteiger partial charge >= 0.3 is 0 Å². The molecule has 1 amide bonds. The molecule has 4 rings (SSSR count). The van der Waals surface area contributed by atoms with Gasteiger partial charge in [0.15, 0.2) is 0 Å². The number of hydrogen-bond acceptors (Lipinski definition) is 1. The zero-order valence-electron chi connectivity index (χ0n) is 14.1. The number of likely N-dealkylation sites (tertiary alicyclic amines) is 1.